The molecule has 0 radical (unpaired) electrons. The van der Waals surface area contributed by atoms with Crippen molar-refractivity contribution in [3.8, 4) is 0 Å². The van der Waals surface area contributed by atoms with Crippen LogP contribution in [-0.2, 0) is 4.74 Å². The summed E-state index contributed by atoms with van der Waals surface area (Å²) in [5.41, 5.74) is 2.29. The van der Waals surface area contributed by atoms with Crippen LogP contribution in [0, 0.1) is 19.8 Å². The Hall–Kier alpha value is -1.40. The van der Waals surface area contributed by atoms with Gasteiger partial charge in [0.05, 0.1) is 24.0 Å². The van der Waals surface area contributed by atoms with Crippen molar-refractivity contribution in [3.05, 3.63) is 17.0 Å². The lowest BCUT2D eigenvalue weighted by molar-refractivity contribution is -0.0581. The molecule has 2 N–H and O–H groups in total. The molecule has 0 unspecified atom stereocenters. The van der Waals surface area contributed by atoms with E-state index in [0.29, 0.717) is 17.7 Å². The third-order valence-corrected chi connectivity index (χ3v) is 5.28. The zero-order valence-electron chi connectivity index (χ0n) is 13.3. The summed E-state index contributed by atoms with van der Waals surface area (Å²) >= 11 is 0. The first kappa shape index (κ1) is 14.2. The monoisotopic (exact) mass is 304 g/mol. The third kappa shape index (κ3) is 2.54. The maximum Gasteiger partial charge on any atom is 0.255 e. The van der Waals surface area contributed by atoms with E-state index < -0.39 is 0 Å². The van der Waals surface area contributed by atoms with Crippen molar-refractivity contribution >= 4 is 5.91 Å². The fourth-order valence-electron chi connectivity index (χ4n) is 3.90. The number of morpholine rings is 1. The molecule has 2 aliphatic heterocycles. The Morgan fingerprint density at radius 3 is 2.86 bits per heavy atom. The Morgan fingerprint density at radius 2 is 2.18 bits per heavy atom. The summed E-state index contributed by atoms with van der Waals surface area (Å²) in [6, 6.07) is 0.680. The van der Waals surface area contributed by atoms with Gasteiger partial charge in [0.15, 0.2) is 0 Å². The highest BCUT2D eigenvalue weighted by Gasteiger charge is 2.42. The number of H-pyrrole nitrogens is 1. The zero-order valence-corrected chi connectivity index (χ0v) is 13.3. The molecule has 2 saturated heterocycles. The largest absolute Gasteiger partial charge is 0.375 e. The van der Waals surface area contributed by atoms with E-state index in [1.807, 2.05) is 13.8 Å². The maximum absolute atomic E-state index is 12.5. The van der Waals surface area contributed by atoms with Crippen molar-refractivity contribution in [1.29, 1.82) is 0 Å². The Bertz CT molecular complexity index is 561. The van der Waals surface area contributed by atoms with Gasteiger partial charge in [0.2, 0.25) is 0 Å². The van der Waals surface area contributed by atoms with Crippen LogP contribution in [0.1, 0.15) is 41.0 Å². The van der Waals surface area contributed by atoms with Gasteiger partial charge in [0, 0.05) is 30.9 Å². The summed E-state index contributed by atoms with van der Waals surface area (Å²) in [6.07, 6.45) is 4.05. The fourth-order valence-corrected chi connectivity index (χ4v) is 3.90. The van der Waals surface area contributed by atoms with E-state index in [0.717, 1.165) is 43.4 Å². The highest BCUT2D eigenvalue weighted by Crippen LogP contribution is 2.37. The fraction of sp³-hybridized carbons (Fsp3) is 0.750. The number of amides is 1. The Morgan fingerprint density at radius 1 is 1.36 bits per heavy atom. The number of hydrogen-bond donors (Lipinski definition) is 2. The van der Waals surface area contributed by atoms with Gasteiger partial charge in [-0.3, -0.25) is 14.8 Å². The molecule has 0 aromatic carbocycles. The number of carbonyl (C=O) groups excluding carboxylic acids is 1. The standard InChI is InChI=1S/C16H24N4O2/c1-9-15(10(2)19-18-9)16(21)17-12-5-13-8-22-14(11-3-4-11)7-20(13)6-12/h11-14H,3-8H2,1-2H3,(H,17,21)(H,18,19)/t12-,13-,14+/m0/s1. The molecular weight excluding hydrogens is 280 g/mol. The van der Waals surface area contributed by atoms with Crippen LogP contribution >= 0.6 is 0 Å². The van der Waals surface area contributed by atoms with Crippen molar-refractivity contribution < 1.29 is 9.53 Å². The first-order chi connectivity index (χ1) is 10.6. The van der Waals surface area contributed by atoms with Crippen molar-refractivity contribution in [3.63, 3.8) is 0 Å². The minimum Gasteiger partial charge on any atom is -0.375 e. The lowest BCUT2D eigenvalue weighted by Crippen LogP contribution is -2.47. The Kier molecular flexibility index (Phi) is 3.46. The van der Waals surface area contributed by atoms with Crippen LogP contribution in [0.25, 0.3) is 0 Å². The molecule has 1 aromatic rings. The van der Waals surface area contributed by atoms with Crippen LogP contribution in [0.5, 0.6) is 0 Å². The smallest absolute Gasteiger partial charge is 0.255 e. The Labute approximate surface area is 130 Å². The molecule has 3 fully saturated rings. The number of aromatic nitrogens is 2. The average Bonchev–Trinajstić information content (AvgIpc) is 3.17. The molecule has 4 rings (SSSR count). The van der Waals surface area contributed by atoms with Crippen molar-refractivity contribution in [2.24, 2.45) is 5.92 Å². The van der Waals surface area contributed by atoms with E-state index in [1.165, 1.54) is 12.8 Å². The molecule has 120 valence electrons. The van der Waals surface area contributed by atoms with Gasteiger partial charge in [-0.05, 0) is 39.0 Å². The molecule has 0 spiro atoms. The number of aryl methyl sites for hydroxylation is 2. The van der Waals surface area contributed by atoms with Crippen molar-refractivity contribution in [2.75, 3.05) is 19.7 Å². The highest BCUT2D eigenvalue weighted by atomic mass is 16.5. The minimum atomic E-state index is -0.00624. The van der Waals surface area contributed by atoms with Crippen LogP contribution in [-0.4, -0.2) is 58.9 Å². The number of fused-ring (bicyclic) bond motifs is 1. The first-order valence-electron chi connectivity index (χ1n) is 8.30. The Balaban J connectivity index is 1.38. The second-order valence-corrected chi connectivity index (χ2v) is 7.03. The molecule has 22 heavy (non-hydrogen) atoms. The van der Waals surface area contributed by atoms with Crippen LogP contribution in [0.2, 0.25) is 0 Å². The lowest BCUT2D eigenvalue weighted by Gasteiger charge is -2.35. The number of carbonyl (C=O) groups is 1. The van der Waals surface area contributed by atoms with Crippen LogP contribution in [0.4, 0.5) is 0 Å². The maximum atomic E-state index is 12.5. The number of rotatable bonds is 3. The highest BCUT2D eigenvalue weighted by molar-refractivity contribution is 5.96. The summed E-state index contributed by atoms with van der Waals surface area (Å²) in [5.74, 6) is 0.777. The van der Waals surface area contributed by atoms with Gasteiger partial charge in [-0.2, -0.15) is 5.10 Å². The summed E-state index contributed by atoms with van der Waals surface area (Å²) in [4.78, 5) is 15.0. The van der Waals surface area contributed by atoms with E-state index in [-0.39, 0.29) is 11.9 Å². The summed E-state index contributed by atoms with van der Waals surface area (Å²) < 4.78 is 6.01. The van der Waals surface area contributed by atoms with Crippen LogP contribution in [0.3, 0.4) is 0 Å². The lowest BCUT2D eigenvalue weighted by atomic mass is 10.1. The van der Waals surface area contributed by atoms with Gasteiger partial charge < -0.3 is 10.1 Å². The number of ether oxygens (including phenoxy) is 1. The predicted molar refractivity (Wildman–Crippen MR) is 81.8 cm³/mol. The van der Waals surface area contributed by atoms with Gasteiger partial charge in [0.25, 0.3) is 5.91 Å². The number of nitrogens with zero attached hydrogens (tertiary/aromatic N) is 2. The molecule has 3 atom stereocenters. The van der Waals surface area contributed by atoms with Gasteiger partial charge in [0.1, 0.15) is 0 Å². The molecule has 1 saturated carbocycles. The van der Waals surface area contributed by atoms with E-state index >= 15 is 0 Å². The first-order valence-corrected chi connectivity index (χ1v) is 8.30. The van der Waals surface area contributed by atoms with Crippen molar-refractivity contribution in [2.45, 2.75) is 51.3 Å². The van der Waals surface area contributed by atoms with Crippen molar-refractivity contribution in [1.82, 2.24) is 20.4 Å². The molecule has 6 heteroatoms. The summed E-state index contributed by atoms with van der Waals surface area (Å²) in [6.45, 7) is 6.55. The van der Waals surface area contributed by atoms with Gasteiger partial charge in [-0.25, -0.2) is 0 Å². The number of aromatic amines is 1. The molecule has 0 bridgehead atoms. The normalized spacial score (nSPS) is 32.0. The SMILES string of the molecule is Cc1n[nH]c(C)c1C(=O)N[C@H]1C[C@H]2CO[C@@H](C3CC3)CN2C1. The molecule has 3 heterocycles. The van der Waals surface area contributed by atoms with Gasteiger partial charge >= 0.3 is 0 Å². The minimum absolute atomic E-state index is 0.00624. The molecule has 3 aliphatic rings. The van der Waals surface area contributed by atoms with Gasteiger partial charge in [-0.1, -0.05) is 0 Å². The topological polar surface area (TPSA) is 70.2 Å². The van der Waals surface area contributed by atoms with Gasteiger partial charge in [-0.15, -0.1) is 0 Å². The second kappa shape index (κ2) is 5.35. The number of nitrogens with one attached hydrogen (secondary N) is 2. The quantitative estimate of drug-likeness (QED) is 0.874. The van der Waals surface area contributed by atoms with E-state index in [4.69, 9.17) is 4.74 Å². The van der Waals surface area contributed by atoms with E-state index in [2.05, 4.69) is 20.4 Å². The van der Waals surface area contributed by atoms with E-state index in [1.54, 1.807) is 0 Å². The number of hydrogen-bond acceptors (Lipinski definition) is 4. The zero-order chi connectivity index (χ0) is 15.3. The molecule has 1 aromatic heterocycles. The molecule has 6 nitrogen and oxygen atoms in total. The summed E-state index contributed by atoms with van der Waals surface area (Å²) in [7, 11) is 0. The third-order valence-electron chi connectivity index (χ3n) is 5.28. The average molecular weight is 304 g/mol. The summed E-state index contributed by atoms with van der Waals surface area (Å²) in [5, 5.41) is 10.2. The molecule has 1 aliphatic carbocycles. The molecule has 1 amide bonds. The molecular formula is C16H24N4O2. The predicted octanol–water partition coefficient (Wildman–Crippen LogP) is 1.01. The second-order valence-electron chi connectivity index (χ2n) is 7.03. The van der Waals surface area contributed by atoms with E-state index in [9.17, 15) is 4.79 Å². The van der Waals surface area contributed by atoms with Crippen LogP contribution in [0.15, 0.2) is 0 Å². The van der Waals surface area contributed by atoms with Crippen LogP contribution < -0.4 is 5.32 Å².